The summed E-state index contributed by atoms with van der Waals surface area (Å²) in [5, 5.41) is 7.83. The highest BCUT2D eigenvalue weighted by atomic mass is 32.1. The maximum atomic E-state index is 4.77. The van der Waals surface area contributed by atoms with Gasteiger partial charge < -0.3 is 4.98 Å². The Balaban J connectivity index is 1.20. The molecular weight excluding hydrogens is 428 g/mol. The van der Waals surface area contributed by atoms with Gasteiger partial charge in [-0.1, -0.05) is 36.4 Å². The van der Waals surface area contributed by atoms with Crippen LogP contribution in [-0.2, 0) is 13.0 Å². The number of nitrogens with zero attached hydrogens (tertiary/aromatic N) is 5. The minimum atomic E-state index is 0.629. The summed E-state index contributed by atoms with van der Waals surface area (Å²) in [7, 11) is 0. The number of pyridine rings is 1. The van der Waals surface area contributed by atoms with Crippen molar-refractivity contribution in [3.05, 3.63) is 108 Å². The van der Waals surface area contributed by atoms with Gasteiger partial charge in [0.1, 0.15) is 10.8 Å². The van der Waals surface area contributed by atoms with Crippen molar-refractivity contribution < 1.29 is 0 Å². The van der Waals surface area contributed by atoms with E-state index < -0.39 is 0 Å². The zero-order valence-electron chi connectivity index (χ0n) is 17.7. The molecule has 4 heterocycles. The van der Waals surface area contributed by atoms with Crippen LogP contribution in [0.15, 0.2) is 90.7 Å². The number of rotatable bonds is 6. The third-order valence-corrected chi connectivity index (χ3v) is 6.41. The Morgan fingerprint density at radius 2 is 1.85 bits per heavy atom. The number of aromatic amines is 1. The van der Waals surface area contributed by atoms with Crippen LogP contribution in [0.5, 0.6) is 0 Å². The van der Waals surface area contributed by atoms with E-state index in [0.29, 0.717) is 6.54 Å². The quantitative estimate of drug-likeness (QED) is 0.361. The van der Waals surface area contributed by atoms with Crippen molar-refractivity contribution >= 4 is 22.4 Å². The molecule has 0 fully saturated rings. The first-order chi connectivity index (χ1) is 16.3. The number of fused-ring (bicyclic) bond motifs is 1. The lowest BCUT2D eigenvalue weighted by molar-refractivity contribution is 0.678. The van der Waals surface area contributed by atoms with Gasteiger partial charge in [0.2, 0.25) is 0 Å². The summed E-state index contributed by atoms with van der Waals surface area (Å²) in [5.41, 5.74) is 7.24. The van der Waals surface area contributed by atoms with E-state index in [1.54, 1.807) is 17.5 Å². The molecule has 6 nitrogen and oxygen atoms in total. The topological polar surface area (TPSA) is 72.3 Å². The standard InChI is InChI=1S/C26H20N6S/c1-2-5-18(6-3-1)13-25-29-23-9-8-19(14-24(23)30-25)22-10-12-32(31-22)16-21-17-33-26(28-21)20-7-4-11-27-15-20/h1-12,14-15,17H,13,16H2,(H,29,30). The summed E-state index contributed by atoms with van der Waals surface area (Å²) in [6, 6.07) is 22.6. The predicted octanol–water partition coefficient (Wildman–Crippen LogP) is 5.58. The van der Waals surface area contributed by atoms with E-state index in [-0.39, 0.29) is 0 Å². The van der Waals surface area contributed by atoms with E-state index in [1.165, 1.54) is 5.56 Å². The maximum Gasteiger partial charge on any atom is 0.125 e. The zero-order valence-corrected chi connectivity index (χ0v) is 18.5. The Morgan fingerprint density at radius 3 is 2.73 bits per heavy atom. The van der Waals surface area contributed by atoms with Gasteiger partial charge in [-0.2, -0.15) is 5.10 Å². The molecule has 7 heteroatoms. The second-order valence-corrected chi connectivity index (χ2v) is 8.72. The third kappa shape index (κ3) is 4.18. The molecule has 160 valence electrons. The molecule has 0 saturated carbocycles. The van der Waals surface area contributed by atoms with Crippen molar-refractivity contribution in [1.82, 2.24) is 29.7 Å². The molecule has 0 aliphatic carbocycles. The predicted molar refractivity (Wildman–Crippen MR) is 131 cm³/mol. The molecular formula is C26H20N6S. The molecule has 0 aliphatic heterocycles. The zero-order chi connectivity index (χ0) is 22.0. The van der Waals surface area contributed by atoms with Gasteiger partial charge >= 0.3 is 0 Å². The van der Waals surface area contributed by atoms with Crippen LogP contribution < -0.4 is 0 Å². The maximum absolute atomic E-state index is 4.77. The molecule has 4 aromatic heterocycles. The minimum absolute atomic E-state index is 0.629. The fourth-order valence-corrected chi connectivity index (χ4v) is 4.67. The molecule has 0 bridgehead atoms. The molecule has 0 unspecified atom stereocenters. The fraction of sp³-hybridized carbons (Fsp3) is 0.0769. The second-order valence-electron chi connectivity index (χ2n) is 7.86. The number of nitrogens with one attached hydrogen (secondary N) is 1. The van der Waals surface area contributed by atoms with Crippen molar-refractivity contribution in [1.29, 1.82) is 0 Å². The van der Waals surface area contributed by atoms with Crippen LogP contribution in [-0.4, -0.2) is 29.7 Å². The van der Waals surface area contributed by atoms with E-state index >= 15 is 0 Å². The van der Waals surface area contributed by atoms with E-state index in [9.17, 15) is 0 Å². The first-order valence-corrected chi connectivity index (χ1v) is 11.6. The average molecular weight is 449 g/mol. The second kappa shape index (κ2) is 8.44. The van der Waals surface area contributed by atoms with Crippen LogP contribution in [0.3, 0.4) is 0 Å². The highest BCUT2D eigenvalue weighted by Crippen LogP contribution is 2.25. The lowest BCUT2D eigenvalue weighted by Crippen LogP contribution is -2.00. The number of H-pyrrole nitrogens is 1. The molecule has 0 aliphatic rings. The van der Waals surface area contributed by atoms with Crippen LogP contribution in [0.2, 0.25) is 0 Å². The van der Waals surface area contributed by atoms with Crippen molar-refractivity contribution in [2.75, 3.05) is 0 Å². The highest BCUT2D eigenvalue weighted by molar-refractivity contribution is 7.13. The molecule has 33 heavy (non-hydrogen) atoms. The van der Waals surface area contributed by atoms with Crippen molar-refractivity contribution in [3.63, 3.8) is 0 Å². The fourth-order valence-electron chi connectivity index (χ4n) is 3.87. The summed E-state index contributed by atoms with van der Waals surface area (Å²) in [4.78, 5) is 17.1. The normalized spacial score (nSPS) is 11.3. The number of imidazole rings is 1. The van der Waals surface area contributed by atoms with Gasteiger partial charge in [0.05, 0.1) is 29.0 Å². The lowest BCUT2D eigenvalue weighted by atomic mass is 10.1. The van der Waals surface area contributed by atoms with Gasteiger partial charge in [-0.3, -0.25) is 9.67 Å². The van der Waals surface area contributed by atoms with Crippen LogP contribution in [0.1, 0.15) is 17.1 Å². The van der Waals surface area contributed by atoms with Crippen LogP contribution >= 0.6 is 11.3 Å². The molecule has 0 atom stereocenters. The van der Waals surface area contributed by atoms with Gasteiger partial charge in [0, 0.05) is 41.5 Å². The van der Waals surface area contributed by atoms with Crippen molar-refractivity contribution in [2.24, 2.45) is 0 Å². The van der Waals surface area contributed by atoms with Crippen molar-refractivity contribution in [3.8, 4) is 21.8 Å². The minimum Gasteiger partial charge on any atom is -0.342 e. The van der Waals surface area contributed by atoms with E-state index in [4.69, 9.17) is 15.1 Å². The Kier molecular flexibility index (Phi) is 5.01. The Bertz CT molecular complexity index is 1510. The Labute approximate surface area is 194 Å². The van der Waals surface area contributed by atoms with Crippen molar-refractivity contribution in [2.45, 2.75) is 13.0 Å². The summed E-state index contributed by atoms with van der Waals surface area (Å²) in [6.07, 6.45) is 6.39. The monoisotopic (exact) mass is 448 g/mol. The van der Waals surface area contributed by atoms with Crippen LogP contribution in [0.4, 0.5) is 0 Å². The number of benzene rings is 2. The molecule has 1 N–H and O–H groups in total. The third-order valence-electron chi connectivity index (χ3n) is 5.47. The molecule has 0 radical (unpaired) electrons. The number of aromatic nitrogens is 6. The van der Waals surface area contributed by atoms with E-state index in [1.807, 2.05) is 41.3 Å². The average Bonchev–Trinajstić information content (AvgIpc) is 3.60. The number of hydrogen-bond donors (Lipinski definition) is 1. The van der Waals surface area contributed by atoms with Gasteiger partial charge in [0.25, 0.3) is 0 Å². The molecule has 0 saturated heterocycles. The summed E-state index contributed by atoms with van der Waals surface area (Å²) >= 11 is 1.63. The van der Waals surface area contributed by atoms with Gasteiger partial charge in [-0.25, -0.2) is 9.97 Å². The van der Waals surface area contributed by atoms with Gasteiger partial charge in [-0.15, -0.1) is 11.3 Å². The number of thiazole rings is 1. The molecule has 6 aromatic rings. The molecule has 0 amide bonds. The molecule has 6 rings (SSSR count). The lowest BCUT2D eigenvalue weighted by Gasteiger charge is -1.99. The van der Waals surface area contributed by atoms with Crippen LogP contribution in [0, 0.1) is 0 Å². The highest BCUT2D eigenvalue weighted by Gasteiger charge is 2.10. The molecule has 2 aromatic carbocycles. The van der Waals surface area contributed by atoms with Gasteiger partial charge in [0.15, 0.2) is 0 Å². The van der Waals surface area contributed by atoms with E-state index in [0.717, 1.165) is 50.8 Å². The molecule has 0 spiro atoms. The smallest absolute Gasteiger partial charge is 0.125 e. The Hall–Kier alpha value is -4.10. The SMILES string of the molecule is c1ccc(Cc2nc3ccc(-c4ccn(Cc5csc(-c6cccnc6)n5)n4)cc3[nH]2)cc1. The largest absolute Gasteiger partial charge is 0.342 e. The summed E-state index contributed by atoms with van der Waals surface area (Å²) in [5.74, 6) is 0.965. The first kappa shape index (κ1) is 19.6. The summed E-state index contributed by atoms with van der Waals surface area (Å²) in [6.45, 7) is 0.629. The summed E-state index contributed by atoms with van der Waals surface area (Å²) < 4.78 is 1.93. The van der Waals surface area contributed by atoms with Crippen LogP contribution in [0.25, 0.3) is 32.9 Å². The van der Waals surface area contributed by atoms with Gasteiger partial charge in [-0.05, 0) is 35.9 Å². The first-order valence-electron chi connectivity index (χ1n) is 10.7. The Morgan fingerprint density at radius 1 is 0.909 bits per heavy atom. The van der Waals surface area contributed by atoms with E-state index in [2.05, 4.69) is 57.8 Å². The number of hydrogen-bond acceptors (Lipinski definition) is 5.